The summed E-state index contributed by atoms with van der Waals surface area (Å²) >= 11 is 1.92. The Labute approximate surface area is 134 Å². The van der Waals surface area contributed by atoms with Gasteiger partial charge in [-0.05, 0) is 36.3 Å². The molecule has 1 aromatic carbocycles. The third-order valence-electron chi connectivity index (χ3n) is 4.40. The monoisotopic (exact) mass is 304 g/mol. The van der Waals surface area contributed by atoms with Crippen LogP contribution in [0.1, 0.15) is 52.5 Å². The summed E-state index contributed by atoms with van der Waals surface area (Å²) in [5.74, 6) is 1.68. The first kappa shape index (κ1) is 16.4. The Bertz CT molecular complexity index is 510. The molecule has 0 amide bonds. The van der Waals surface area contributed by atoms with Gasteiger partial charge in [0.15, 0.2) is 5.17 Å². The van der Waals surface area contributed by atoms with Crippen LogP contribution in [0.3, 0.4) is 0 Å². The minimum Gasteiger partial charge on any atom is -0.351 e. The highest BCUT2D eigenvalue weighted by Crippen LogP contribution is 2.36. The highest BCUT2D eigenvalue weighted by Gasteiger charge is 2.32. The first-order valence-corrected chi connectivity index (χ1v) is 9.03. The molecular formula is C18H28N2S. The van der Waals surface area contributed by atoms with Crippen molar-refractivity contribution in [2.45, 2.75) is 47.0 Å². The Morgan fingerprint density at radius 3 is 2.62 bits per heavy atom. The van der Waals surface area contributed by atoms with Crippen molar-refractivity contribution in [2.75, 3.05) is 18.8 Å². The Balaban J connectivity index is 2.29. The average molecular weight is 305 g/mol. The number of hydrogen-bond donors (Lipinski definition) is 0. The van der Waals surface area contributed by atoms with Gasteiger partial charge in [-0.25, -0.2) is 4.99 Å². The molecule has 2 rings (SSSR count). The van der Waals surface area contributed by atoms with Crippen LogP contribution < -0.4 is 0 Å². The number of benzene rings is 1. The minimum absolute atomic E-state index is 0.414. The normalized spacial score (nSPS) is 24.9. The molecule has 0 radical (unpaired) electrons. The van der Waals surface area contributed by atoms with Crippen LogP contribution >= 0.6 is 11.8 Å². The van der Waals surface area contributed by atoms with Gasteiger partial charge < -0.3 is 4.90 Å². The molecule has 0 bridgehead atoms. The number of aliphatic imine (C=N–C) groups is 1. The zero-order valence-electron chi connectivity index (χ0n) is 14.0. The van der Waals surface area contributed by atoms with Crippen molar-refractivity contribution in [1.82, 2.24) is 4.90 Å². The SMILES string of the molecule is CCN1CC(C)(CC)CSC1=Nc1ccccc1C(C)C. The van der Waals surface area contributed by atoms with E-state index in [4.69, 9.17) is 4.99 Å². The molecule has 0 N–H and O–H groups in total. The molecule has 1 unspecified atom stereocenters. The van der Waals surface area contributed by atoms with Crippen LogP contribution in [0, 0.1) is 5.41 Å². The van der Waals surface area contributed by atoms with E-state index in [1.807, 2.05) is 11.8 Å². The van der Waals surface area contributed by atoms with Crippen molar-refractivity contribution in [3.63, 3.8) is 0 Å². The third kappa shape index (κ3) is 3.82. The predicted octanol–water partition coefficient (Wildman–Crippen LogP) is 5.28. The summed E-state index contributed by atoms with van der Waals surface area (Å²) in [6, 6.07) is 8.54. The fourth-order valence-electron chi connectivity index (χ4n) is 2.65. The van der Waals surface area contributed by atoms with Crippen LogP contribution in [0.15, 0.2) is 29.3 Å². The molecule has 1 saturated heterocycles. The maximum absolute atomic E-state index is 5.00. The van der Waals surface area contributed by atoms with Gasteiger partial charge in [-0.15, -0.1) is 0 Å². The van der Waals surface area contributed by atoms with E-state index in [1.165, 1.54) is 22.9 Å². The molecule has 1 aliphatic rings. The highest BCUT2D eigenvalue weighted by molar-refractivity contribution is 8.13. The lowest BCUT2D eigenvalue weighted by Crippen LogP contribution is -2.44. The van der Waals surface area contributed by atoms with E-state index in [1.54, 1.807) is 0 Å². The molecule has 116 valence electrons. The van der Waals surface area contributed by atoms with E-state index in [2.05, 4.69) is 63.8 Å². The molecule has 2 nitrogen and oxygen atoms in total. The Hall–Kier alpha value is -0.960. The van der Waals surface area contributed by atoms with Crippen molar-refractivity contribution in [2.24, 2.45) is 10.4 Å². The summed E-state index contributed by atoms with van der Waals surface area (Å²) in [7, 11) is 0. The maximum atomic E-state index is 5.00. The van der Waals surface area contributed by atoms with Crippen molar-refractivity contribution in [1.29, 1.82) is 0 Å². The lowest BCUT2D eigenvalue weighted by molar-refractivity contribution is 0.252. The molecule has 1 fully saturated rings. The van der Waals surface area contributed by atoms with Crippen LogP contribution in [-0.2, 0) is 0 Å². The van der Waals surface area contributed by atoms with Gasteiger partial charge in [0.1, 0.15) is 0 Å². The van der Waals surface area contributed by atoms with E-state index in [9.17, 15) is 0 Å². The van der Waals surface area contributed by atoms with E-state index in [0.29, 0.717) is 11.3 Å². The van der Waals surface area contributed by atoms with E-state index in [-0.39, 0.29) is 0 Å². The zero-order valence-corrected chi connectivity index (χ0v) is 14.8. The number of amidine groups is 1. The van der Waals surface area contributed by atoms with Crippen LogP contribution in [0.25, 0.3) is 0 Å². The van der Waals surface area contributed by atoms with Gasteiger partial charge in [-0.3, -0.25) is 0 Å². The summed E-state index contributed by atoms with van der Waals surface area (Å²) in [6.45, 7) is 13.5. The summed E-state index contributed by atoms with van der Waals surface area (Å²) < 4.78 is 0. The zero-order chi connectivity index (χ0) is 15.5. The largest absolute Gasteiger partial charge is 0.351 e. The van der Waals surface area contributed by atoms with Gasteiger partial charge in [0.25, 0.3) is 0 Å². The highest BCUT2D eigenvalue weighted by atomic mass is 32.2. The Morgan fingerprint density at radius 2 is 2.00 bits per heavy atom. The third-order valence-corrected chi connectivity index (χ3v) is 5.85. The summed E-state index contributed by atoms with van der Waals surface area (Å²) in [5, 5.41) is 1.19. The van der Waals surface area contributed by atoms with Crippen molar-refractivity contribution in [3.05, 3.63) is 29.8 Å². The number of thioether (sulfide) groups is 1. The molecule has 1 aromatic rings. The second-order valence-corrected chi connectivity index (χ2v) is 7.52. The number of para-hydroxylation sites is 1. The van der Waals surface area contributed by atoms with E-state index in [0.717, 1.165) is 18.8 Å². The van der Waals surface area contributed by atoms with Crippen LogP contribution in [0.2, 0.25) is 0 Å². The molecule has 0 aliphatic carbocycles. The molecule has 1 heterocycles. The van der Waals surface area contributed by atoms with Crippen molar-refractivity contribution in [3.8, 4) is 0 Å². The minimum atomic E-state index is 0.414. The van der Waals surface area contributed by atoms with Gasteiger partial charge in [0.2, 0.25) is 0 Å². The van der Waals surface area contributed by atoms with Gasteiger partial charge in [-0.2, -0.15) is 0 Å². The second kappa shape index (κ2) is 6.87. The number of rotatable bonds is 4. The molecule has 3 heteroatoms. The van der Waals surface area contributed by atoms with Gasteiger partial charge in [-0.1, -0.05) is 57.7 Å². The Morgan fingerprint density at radius 1 is 1.29 bits per heavy atom. The van der Waals surface area contributed by atoms with Crippen LogP contribution in [0.4, 0.5) is 5.69 Å². The smallest absolute Gasteiger partial charge is 0.164 e. The molecule has 21 heavy (non-hydrogen) atoms. The molecular weight excluding hydrogens is 276 g/mol. The fourth-order valence-corrected chi connectivity index (χ4v) is 3.96. The lowest BCUT2D eigenvalue weighted by Gasteiger charge is -2.40. The molecule has 0 saturated carbocycles. The standard InChI is InChI=1S/C18H28N2S/c1-6-18(5)12-20(7-2)17(21-13-18)19-16-11-9-8-10-15(16)14(3)4/h8-11,14H,6-7,12-13H2,1-5H3. The first-order chi connectivity index (χ1) is 9.99. The van der Waals surface area contributed by atoms with Crippen LogP contribution in [0.5, 0.6) is 0 Å². The molecule has 1 atom stereocenters. The number of hydrogen-bond acceptors (Lipinski definition) is 2. The van der Waals surface area contributed by atoms with Gasteiger partial charge in [0.05, 0.1) is 5.69 Å². The van der Waals surface area contributed by atoms with Gasteiger partial charge >= 0.3 is 0 Å². The van der Waals surface area contributed by atoms with Gasteiger partial charge in [0, 0.05) is 18.8 Å². The maximum Gasteiger partial charge on any atom is 0.164 e. The van der Waals surface area contributed by atoms with Crippen molar-refractivity contribution < 1.29 is 0 Å². The summed E-state index contributed by atoms with van der Waals surface area (Å²) in [5.41, 5.74) is 2.89. The quantitative estimate of drug-likeness (QED) is 0.752. The van der Waals surface area contributed by atoms with E-state index < -0.39 is 0 Å². The van der Waals surface area contributed by atoms with E-state index >= 15 is 0 Å². The predicted molar refractivity (Wildman–Crippen MR) is 95.7 cm³/mol. The van der Waals surface area contributed by atoms with Crippen molar-refractivity contribution >= 4 is 22.6 Å². The fraction of sp³-hybridized carbons (Fsp3) is 0.611. The van der Waals surface area contributed by atoms with Crippen LogP contribution in [-0.4, -0.2) is 28.9 Å². The molecule has 0 aromatic heterocycles. The lowest BCUT2D eigenvalue weighted by atomic mass is 9.89. The molecule has 0 spiro atoms. The Kier molecular flexibility index (Phi) is 5.37. The first-order valence-electron chi connectivity index (χ1n) is 8.04. The second-order valence-electron chi connectivity index (χ2n) is 6.57. The molecule has 1 aliphatic heterocycles. The summed E-state index contributed by atoms with van der Waals surface area (Å²) in [6.07, 6.45) is 1.23. The average Bonchev–Trinajstić information content (AvgIpc) is 2.49. The topological polar surface area (TPSA) is 15.6 Å². The number of nitrogens with zero attached hydrogens (tertiary/aromatic N) is 2. The summed E-state index contributed by atoms with van der Waals surface area (Å²) in [4.78, 5) is 7.44.